The van der Waals surface area contributed by atoms with Gasteiger partial charge in [0.15, 0.2) is 5.76 Å². The van der Waals surface area contributed by atoms with Gasteiger partial charge in [-0.05, 0) is 30.7 Å². The molecular formula is C15H15N3O5. The van der Waals surface area contributed by atoms with Crippen LogP contribution >= 0.6 is 0 Å². The molecule has 1 aromatic heterocycles. The van der Waals surface area contributed by atoms with Gasteiger partial charge in [-0.1, -0.05) is 0 Å². The number of rotatable bonds is 5. The molecule has 8 nitrogen and oxygen atoms in total. The average molecular weight is 317 g/mol. The van der Waals surface area contributed by atoms with E-state index in [1.807, 2.05) is 0 Å². The van der Waals surface area contributed by atoms with E-state index >= 15 is 0 Å². The van der Waals surface area contributed by atoms with Crippen LogP contribution in [0, 0.1) is 6.92 Å². The van der Waals surface area contributed by atoms with Crippen molar-refractivity contribution in [3.8, 4) is 11.5 Å². The lowest BCUT2D eigenvalue weighted by atomic mass is 10.1. The van der Waals surface area contributed by atoms with Crippen LogP contribution in [0.2, 0.25) is 0 Å². The van der Waals surface area contributed by atoms with Gasteiger partial charge in [-0.15, -0.1) is 0 Å². The van der Waals surface area contributed by atoms with E-state index in [1.165, 1.54) is 30.7 Å². The van der Waals surface area contributed by atoms with Gasteiger partial charge in [0.2, 0.25) is 0 Å². The van der Waals surface area contributed by atoms with Crippen molar-refractivity contribution in [1.82, 2.24) is 10.7 Å². The number of amides is 2. The molecule has 2 aromatic rings. The van der Waals surface area contributed by atoms with Gasteiger partial charge in [0.25, 0.3) is 11.8 Å². The molecule has 120 valence electrons. The fraction of sp³-hybridized carbons (Fsp3) is 0.133. The number of aromatic hydroxyl groups is 2. The first-order valence-corrected chi connectivity index (χ1v) is 6.63. The van der Waals surface area contributed by atoms with Crippen LogP contribution in [0.5, 0.6) is 11.5 Å². The number of hydrogen-bond donors (Lipinski definition) is 4. The summed E-state index contributed by atoms with van der Waals surface area (Å²) in [4.78, 5) is 23.1. The molecule has 0 atom stereocenters. The number of carbonyl (C=O) groups is 2. The second kappa shape index (κ2) is 7.12. The molecule has 0 fully saturated rings. The summed E-state index contributed by atoms with van der Waals surface area (Å²) in [5.41, 5.74) is 3.17. The minimum atomic E-state index is -0.544. The first kappa shape index (κ1) is 16.1. The van der Waals surface area contributed by atoms with Crippen LogP contribution in [-0.4, -0.2) is 34.8 Å². The summed E-state index contributed by atoms with van der Waals surface area (Å²) in [7, 11) is 0. The predicted octanol–water partition coefficient (Wildman–Crippen LogP) is 0.879. The predicted molar refractivity (Wildman–Crippen MR) is 81.3 cm³/mol. The summed E-state index contributed by atoms with van der Waals surface area (Å²) in [6.45, 7) is 1.39. The number of furan rings is 1. The topological polar surface area (TPSA) is 124 Å². The maximum absolute atomic E-state index is 11.6. The van der Waals surface area contributed by atoms with Crippen molar-refractivity contribution in [2.45, 2.75) is 6.92 Å². The maximum Gasteiger partial charge on any atom is 0.287 e. The van der Waals surface area contributed by atoms with E-state index in [-0.39, 0.29) is 23.8 Å². The number of aryl methyl sites for hydroxylation is 1. The number of hydrogen-bond acceptors (Lipinski definition) is 6. The largest absolute Gasteiger partial charge is 0.508 e. The smallest absolute Gasteiger partial charge is 0.287 e. The van der Waals surface area contributed by atoms with Gasteiger partial charge in [-0.2, -0.15) is 5.10 Å². The zero-order chi connectivity index (χ0) is 16.8. The Kier molecular flexibility index (Phi) is 4.98. The third-order valence-electron chi connectivity index (χ3n) is 2.89. The van der Waals surface area contributed by atoms with Crippen LogP contribution in [0.3, 0.4) is 0 Å². The molecule has 0 radical (unpaired) electrons. The van der Waals surface area contributed by atoms with Gasteiger partial charge in [0, 0.05) is 11.6 Å². The minimum absolute atomic E-state index is 0.0678. The second-order valence-electron chi connectivity index (χ2n) is 4.65. The third-order valence-corrected chi connectivity index (χ3v) is 2.89. The molecule has 1 heterocycles. The molecule has 2 rings (SSSR count). The quantitative estimate of drug-likeness (QED) is 0.481. The highest BCUT2D eigenvalue weighted by Crippen LogP contribution is 2.24. The molecule has 23 heavy (non-hydrogen) atoms. The van der Waals surface area contributed by atoms with E-state index in [9.17, 15) is 19.8 Å². The highest BCUT2D eigenvalue weighted by Gasteiger charge is 2.10. The number of phenols is 2. The Balaban J connectivity index is 1.86. The van der Waals surface area contributed by atoms with Crippen molar-refractivity contribution in [2.75, 3.05) is 6.54 Å². The summed E-state index contributed by atoms with van der Waals surface area (Å²) >= 11 is 0. The monoisotopic (exact) mass is 317 g/mol. The summed E-state index contributed by atoms with van der Waals surface area (Å²) in [6, 6.07) is 5.65. The van der Waals surface area contributed by atoms with Crippen molar-refractivity contribution in [2.24, 2.45) is 5.10 Å². The SMILES string of the molecule is Cc1cc(O)cc(O)c1/C=N\NC(=O)CNC(=O)c1ccco1. The number of nitrogens with zero attached hydrogens (tertiary/aromatic N) is 1. The minimum Gasteiger partial charge on any atom is -0.508 e. The Morgan fingerprint density at radius 3 is 2.78 bits per heavy atom. The fourth-order valence-electron chi connectivity index (χ4n) is 1.79. The maximum atomic E-state index is 11.6. The van der Waals surface area contributed by atoms with Gasteiger partial charge >= 0.3 is 0 Å². The highest BCUT2D eigenvalue weighted by atomic mass is 16.3. The molecule has 2 amide bonds. The number of nitrogens with one attached hydrogen (secondary N) is 2. The lowest BCUT2D eigenvalue weighted by Gasteiger charge is -2.05. The van der Waals surface area contributed by atoms with Gasteiger partial charge in [-0.3, -0.25) is 9.59 Å². The van der Waals surface area contributed by atoms with E-state index in [0.29, 0.717) is 11.1 Å². The van der Waals surface area contributed by atoms with Crippen molar-refractivity contribution in [3.63, 3.8) is 0 Å². The number of carbonyl (C=O) groups excluding carboxylic acids is 2. The molecule has 0 aliphatic carbocycles. The van der Waals surface area contributed by atoms with Crippen molar-refractivity contribution in [1.29, 1.82) is 0 Å². The van der Waals surface area contributed by atoms with E-state index in [0.717, 1.165) is 0 Å². The van der Waals surface area contributed by atoms with Crippen LogP contribution in [-0.2, 0) is 4.79 Å². The molecule has 0 spiro atoms. The Labute approximate surface area is 131 Å². The summed E-state index contributed by atoms with van der Waals surface area (Å²) in [6.07, 6.45) is 2.60. The van der Waals surface area contributed by atoms with Crippen LogP contribution in [0.1, 0.15) is 21.7 Å². The lowest BCUT2D eigenvalue weighted by Crippen LogP contribution is -2.34. The first-order chi connectivity index (χ1) is 11.0. The third kappa shape index (κ3) is 4.34. The molecule has 0 saturated carbocycles. The van der Waals surface area contributed by atoms with Gasteiger partial charge < -0.3 is 19.9 Å². The molecule has 0 bridgehead atoms. The summed E-state index contributed by atoms with van der Waals surface area (Å²) in [5, 5.41) is 25.1. The Bertz CT molecular complexity index is 715. The van der Waals surface area contributed by atoms with Gasteiger partial charge in [-0.25, -0.2) is 5.43 Å². The van der Waals surface area contributed by atoms with Crippen LogP contribution in [0.25, 0.3) is 0 Å². The molecular weight excluding hydrogens is 302 g/mol. The normalized spacial score (nSPS) is 10.7. The van der Waals surface area contributed by atoms with Crippen molar-refractivity contribution in [3.05, 3.63) is 47.4 Å². The van der Waals surface area contributed by atoms with Crippen molar-refractivity contribution >= 4 is 18.0 Å². The molecule has 8 heteroatoms. The fourth-order valence-corrected chi connectivity index (χ4v) is 1.79. The van der Waals surface area contributed by atoms with Crippen LogP contribution in [0.15, 0.2) is 40.0 Å². The standard InChI is InChI=1S/C15H15N3O5/c1-9-5-10(19)6-12(20)11(9)7-17-18-14(21)8-16-15(22)13-3-2-4-23-13/h2-7,19-20H,8H2,1H3,(H,16,22)(H,18,21)/b17-7-. The van der Waals surface area contributed by atoms with Crippen LogP contribution < -0.4 is 10.7 Å². The Morgan fingerprint density at radius 2 is 2.13 bits per heavy atom. The zero-order valence-corrected chi connectivity index (χ0v) is 12.2. The Hall–Kier alpha value is -3.29. The molecule has 0 aliphatic heterocycles. The summed E-state index contributed by atoms with van der Waals surface area (Å²) < 4.78 is 4.88. The molecule has 0 saturated heterocycles. The number of phenolic OH excluding ortho intramolecular Hbond substituents is 2. The van der Waals surface area contributed by atoms with E-state index in [4.69, 9.17) is 4.42 Å². The molecule has 0 aliphatic rings. The molecule has 0 unspecified atom stereocenters. The van der Waals surface area contributed by atoms with Gasteiger partial charge in [0.1, 0.15) is 11.5 Å². The van der Waals surface area contributed by atoms with E-state index in [2.05, 4.69) is 15.8 Å². The summed E-state index contributed by atoms with van der Waals surface area (Å²) in [5.74, 6) is -1.18. The number of hydrazone groups is 1. The van der Waals surface area contributed by atoms with E-state index in [1.54, 1.807) is 13.0 Å². The van der Waals surface area contributed by atoms with Crippen molar-refractivity contribution < 1.29 is 24.2 Å². The van der Waals surface area contributed by atoms with E-state index < -0.39 is 11.8 Å². The second-order valence-corrected chi connectivity index (χ2v) is 4.65. The Morgan fingerprint density at radius 1 is 1.35 bits per heavy atom. The van der Waals surface area contributed by atoms with Crippen LogP contribution in [0.4, 0.5) is 0 Å². The highest BCUT2D eigenvalue weighted by molar-refractivity contribution is 5.94. The molecule has 1 aromatic carbocycles. The first-order valence-electron chi connectivity index (χ1n) is 6.63. The number of benzene rings is 1. The van der Waals surface area contributed by atoms with Gasteiger partial charge in [0.05, 0.1) is 19.0 Å². The zero-order valence-electron chi connectivity index (χ0n) is 12.2. The molecule has 4 N–H and O–H groups in total. The average Bonchev–Trinajstić information content (AvgIpc) is 3.01. The lowest BCUT2D eigenvalue weighted by molar-refractivity contribution is -0.120.